The maximum Gasteiger partial charge on any atom is 0.472 e. The number of phosphoric ester groups is 2. The molecule has 5 unspecified atom stereocenters. The summed E-state index contributed by atoms with van der Waals surface area (Å²) >= 11 is 0. The van der Waals surface area contributed by atoms with Crippen LogP contribution in [-0.2, 0) is 65.4 Å². The third kappa shape index (κ3) is 71.3. The Bertz CT molecular complexity index is 2470. The molecule has 0 bridgehead atoms. The average molecular weight is 1440 g/mol. The first kappa shape index (κ1) is 94.9. The second-order valence-corrected chi connectivity index (χ2v) is 27.7. The van der Waals surface area contributed by atoms with Crippen molar-refractivity contribution in [2.45, 2.75) is 303 Å². The minimum Gasteiger partial charge on any atom is -0.462 e. The average Bonchev–Trinajstić information content (AvgIpc) is 0.988. The summed E-state index contributed by atoms with van der Waals surface area (Å²) in [5, 5.41) is 10.6. The van der Waals surface area contributed by atoms with Gasteiger partial charge in [0.05, 0.1) is 32.8 Å². The smallest absolute Gasteiger partial charge is 0.462 e. The predicted octanol–water partition coefficient (Wildman–Crippen LogP) is 21.9. The molecule has 0 saturated carbocycles. The van der Waals surface area contributed by atoms with Gasteiger partial charge in [0, 0.05) is 19.3 Å². The molecule has 0 amide bonds. The number of esters is 4. The van der Waals surface area contributed by atoms with E-state index in [0.717, 1.165) is 186 Å². The predicted molar refractivity (Wildman–Crippen MR) is 408 cm³/mol. The zero-order valence-electron chi connectivity index (χ0n) is 62.1. The number of carbonyl (C=O) groups is 4. The fraction of sp³-hybridized carbons (Fsp3) is 0.654. The first-order chi connectivity index (χ1) is 48.7. The van der Waals surface area contributed by atoms with Crippen molar-refractivity contribution in [2.75, 3.05) is 39.6 Å². The molecule has 0 saturated heterocycles. The van der Waals surface area contributed by atoms with E-state index in [1.807, 2.05) is 18.2 Å². The second-order valence-electron chi connectivity index (χ2n) is 24.8. The van der Waals surface area contributed by atoms with Gasteiger partial charge < -0.3 is 33.8 Å². The highest BCUT2D eigenvalue weighted by Gasteiger charge is 2.30. The highest BCUT2D eigenvalue weighted by molar-refractivity contribution is 7.47. The van der Waals surface area contributed by atoms with Crippen molar-refractivity contribution in [3.8, 4) is 0 Å². The van der Waals surface area contributed by atoms with Crippen molar-refractivity contribution in [3.63, 3.8) is 0 Å². The molecule has 0 aliphatic heterocycles. The Balaban J connectivity index is 5.44. The number of allylic oxidation sites excluding steroid dienone is 23. The van der Waals surface area contributed by atoms with Crippen molar-refractivity contribution in [3.05, 3.63) is 146 Å². The van der Waals surface area contributed by atoms with Gasteiger partial charge in [0.2, 0.25) is 0 Å². The van der Waals surface area contributed by atoms with Crippen LogP contribution in [0.3, 0.4) is 0 Å². The molecule has 0 heterocycles. The van der Waals surface area contributed by atoms with Crippen molar-refractivity contribution in [1.82, 2.24) is 0 Å². The zero-order chi connectivity index (χ0) is 73.2. The Kier molecular flexibility index (Phi) is 68.6. The van der Waals surface area contributed by atoms with Gasteiger partial charge in [0.1, 0.15) is 19.3 Å². The maximum atomic E-state index is 13.1. The van der Waals surface area contributed by atoms with Crippen molar-refractivity contribution >= 4 is 39.5 Å². The normalized spacial score (nSPS) is 14.8. The van der Waals surface area contributed by atoms with E-state index >= 15 is 0 Å². The largest absolute Gasteiger partial charge is 0.472 e. The molecule has 0 fully saturated rings. The van der Waals surface area contributed by atoms with Crippen LogP contribution in [0.15, 0.2) is 146 Å². The molecule has 100 heavy (non-hydrogen) atoms. The summed E-state index contributed by atoms with van der Waals surface area (Å²) in [6, 6.07) is 0. The first-order valence-corrected chi connectivity index (χ1v) is 41.1. The van der Waals surface area contributed by atoms with Gasteiger partial charge in [0.25, 0.3) is 0 Å². The molecule has 0 spiro atoms. The first-order valence-electron chi connectivity index (χ1n) is 38.1. The molecule has 5 atom stereocenters. The molecule has 17 nitrogen and oxygen atoms in total. The van der Waals surface area contributed by atoms with Gasteiger partial charge >= 0.3 is 39.5 Å². The number of rotatable bonds is 70. The number of phosphoric acid groups is 2. The Labute approximate surface area is 605 Å². The lowest BCUT2D eigenvalue weighted by Gasteiger charge is -2.21. The van der Waals surface area contributed by atoms with Crippen LogP contribution >= 0.6 is 15.6 Å². The minimum atomic E-state index is -5.00. The molecule has 0 aromatic rings. The van der Waals surface area contributed by atoms with E-state index in [0.29, 0.717) is 25.7 Å². The van der Waals surface area contributed by atoms with Crippen molar-refractivity contribution in [1.29, 1.82) is 0 Å². The van der Waals surface area contributed by atoms with E-state index in [4.69, 9.17) is 37.0 Å². The molecule has 19 heteroatoms. The molecule has 3 N–H and O–H groups in total. The number of aliphatic hydroxyl groups excluding tert-OH is 1. The van der Waals surface area contributed by atoms with E-state index in [1.165, 1.54) is 19.3 Å². The van der Waals surface area contributed by atoms with Gasteiger partial charge in [-0.2, -0.15) is 0 Å². The minimum absolute atomic E-state index is 0.0554. The molecule has 0 aliphatic rings. The lowest BCUT2D eigenvalue weighted by atomic mass is 10.1. The maximum absolute atomic E-state index is 13.1. The van der Waals surface area contributed by atoms with Crippen LogP contribution in [0.1, 0.15) is 285 Å². The van der Waals surface area contributed by atoms with Crippen LogP contribution in [0.25, 0.3) is 0 Å². The summed E-state index contributed by atoms with van der Waals surface area (Å²) < 4.78 is 68.3. The van der Waals surface area contributed by atoms with Crippen LogP contribution in [0.2, 0.25) is 0 Å². The lowest BCUT2D eigenvalue weighted by Crippen LogP contribution is -2.30. The van der Waals surface area contributed by atoms with Crippen LogP contribution in [-0.4, -0.2) is 96.7 Å². The molecule has 0 radical (unpaired) electrons. The van der Waals surface area contributed by atoms with Crippen LogP contribution in [0.4, 0.5) is 0 Å². The van der Waals surface area contributed by atoms with Gasteiger partial charge in [-0.1, -0.05) is 263 Å². The zero-order valence-corrected chi connectivity index (χ0v) is 63.9. The summed E-state index contributed by atoms with van der Waals surface area (Å²) in [6.45, 7) is 4.39. The highest BCUT2D eigenvalue weighted by Crippen LogP contribution is 2.45. The van der Waals surface area contributed by atoms with Crippen molar-refractivity contribution < 1.29 is 80.2 Å². The van der Waals surface area contributed by atoms with Gasteiger partial charge in [-0.3, -0.25) is 37.3 Å². The fourth-order valence-electron chi connectivity index (χ4n) is 9.55. The molecule has 0 aromatic carbocycles. The monoisotopic (exact) mass is 1440 g/mol. The number of unbranched alkanes of at least 4 members (excludes halogenated alkanes) is 21. The standard InChI is InChI=1S/C81H134O17P2/c1-5-9-13-17-21-25-29-33-36-37-40-43-46-50-54-58-62-66-79(84)92-71-76(97-80(85)67-63-59-55-51-47-41-32-28-24-20-16-12-8-4)73-95-99(87,88)93-69-75(82)70-94-100(89,90)96-74-77(98-81(86)68-64-60-56-52-48-44-39-35-31-27-23-19-15-11-7-3)72-91-78(83)65-61-57-53-49-45-42-38-34-30-26-22-18-14-10-6-2/h9-10,13-14,16,20-23,25-28,32-36,38-39,45,49,57,61,75-77,82H,5-8,11-12,15,17-19,24,29-31,37,40-44,46-48,50-56,58-60,62-74H2,1-4H3,(H,87,88)(H,89,90)/b13-9-,14-10-,20-16-,25-21-,26-22-,27-23-,32-28-,36-33-,38-34-,39-35-,49-45-,61-57-. The molecule has 0 aliphatic carbocycles. The van der Waals surface area contributed by atoms with E-state index in [-0.39, 0.29) is 25.7 Å². The molecule has 0 aromatic heterocycles. The summed E-state index contributed by atoms with van der Waals surface area (Å²) in [6.07, 6.45) is 81.5. The van der Waals surface area contributed by atoms with E-state index in [9.17, 15) is 43.2 Å². The van der Waals surface area contributed by atoms with Crippen molar-refractivity contribution in [2.24, 2.45) is 0 Å². The van der Waals surface area contributed by atoms with Gasteiger partial charge in [-0.15, -0.1) is 0 Å². The Morgan fingerprint density at radius 2 is 0.580 bits per heavy atom. The number of hydrogen-bond donors (Lipinski definition) is 3. The summed E-state index contributed by atoms with van der Waals surface area (Å²) in [4.78, 5) is 72.8. The summed E-state index contributed by atoms with van der Waals surface area (Å²) in [5.41, 5.74) is 0. The molecule has 0 rings (SSSR count). The quantitative estimate of drug-likeness (QED) is 0.0169. The fourth-order valence-corrected chi connectivity index (χ4v) is 11.1. The van der Waals surface area contributed by atoms with E-state index in [1.54, 1.807) is 6.08 Å². The Hall–Kier alpha value is -5.06. The third-order valence-corrected chi connectivity index (χ3v) is 17.2. The Morgan fingerprint density at radius 3 is 0.930 bits per heavy atom. The second kappa shape index (κ2) is 72.3. The molecule has 570 valence electrons. The number of aliphatic hydroxyl groups is 1. The lowest BCUT2D eigenvalue weighted by molar-refractivity contribution is -0.161. The highest BCUT2D eigenvalue weighted by atomic mass is 31.2. The van der Waals surface area contributed by atoms with Gasteiger partial charge in [0.15, 0.2) is 12.2 Å². The number of ether oxygens (including phenoxy) is 4. The summed E-state index contributed by atoms with van der Waals surface area (Å²) in [5.74, 6) is -2.37. The third-order valence-electron chi connectivity index (χ3n) is 15.3. The topological polar surface area (TPSA) is 237 Å². The van der Waals surface area contributed by atoms with Crippen LogP contribution in [0.5, 0.6) is 0 Å². The molecular formula is C81H134O17P2. The van der Waals surface area contributed by atoms with E-state index < -0.39 is 97.5 Å². The summed E-state index contributed by atoms with van der Waals surface area (Å²) in [7, 11) is -9.99. The van der Waals surface area contributed by atoms with Gasteiger partial charge in [-0.25, -0.2) is 9.13 Å². The SMILES string of the molecule is CC/C=C\C/C=C\C/C=C\C/C=C\C/C=C\CC(=O)OCC(COP(=O)(O)OCC(O)COP(=O)(O)OCC(COC(=O)CCCCCCCCC/C=C\C/C=C\C/C=C\CC)OC(=O)CCCCCCC/C=C\C/C=C\CCC)OC(=O)CCCCCCC/C=C\C/C=C\CCCCC. The van der Waals surface area contributed by atoms with Crippen LogP contribution in [0, 0.1) is 0 Å². The van der Waals surface area contributed by atoms with E-state index in [2.05, 4.69) is 149 Å². The molecular weight excluding hydrogens is 1310 g/mol. The number of hydrogen-bond acceptors (Lipinski definition) is 15. The number of carbonyl (C=O) groups excluding carboxylic acids is 4. The van der Waals surface area contributed by atoms with Gasteiger partial charge in [-0.05, 0) is 141 Å². The van der Waals surface area contributed by atoms with Crippen LogP contribution < -0.4 is 0 Å². The Morgan fingerprint density at radius 1 is 0.300 bits per heavy atom.